The first-order chi connectivity index (χ1) is 11.7. The third-order valence-electron chi connectivity index (χ3n) is 5.33. The number of nitrogens with zero attached hydrogens (tertiary/aromatic N) is 3. The molecule has 1 aromatic rings. The molecule has 1 aromatic heterocycles. The minimum Gasteiger partial charge on any atom is -0.450 e. The summed E-state index contributed by atoms with van der Waals surface area (Å²) in [5, 5.41) is 7.10. The largest absolute Gasteiger partial charge is 0.450 e. The summed E-state index contributed by atoms with van der Waals surface area (Å²) in [6, 6.07) is 2.54. The number of carbonyl (C=O) groups excluding carboxylic acids is 1. The number of hydrogen-bond donors (Lipinski definition) is 2. The highest BCUT2D eigenvalue weighted by Gasteiger charge is 2.29. The van der Waals surface area contributed by atoms with E-state index in [-0.39, 0.29) is 6.09 Å². The Morgan fingerprint density at radius 2 is 2.08 bits per heavy atom. The lowest BCUT2D eigenvalue weighted by Gasteiger charge is -2.37. The summed E-state index contributed by atoms with van der Waals surface area (Å²) in [7, 11) is 0. The van der Waals surface area contributed by atoms with Gasteiger partial charge in [-0.05, 0) is 52.1 Å². The summed E-state index contributed by atoms with van der Waals surface area (Å²) in [6.07, 6.45) is 5.38. The molecule has 0 saturated carbocycles. The minimum absolute atomic E-state index is 0.159. The van der Waals surface area contributed by atoms with Crippen molar-refractivity contribution in [2.75, 3.05) is 38.5 Å². The number of nitrogens with two attached hydrogens (primary N) is 1. The number of likely N-dealkylation sites (tertiary alicyclic amines) is 2. The molecule has 24 heavy (non-hydrogen) atoms. The molecule has 0 radical (unpaired) electrons. The summed E-state index contributed by atoms with van der Waals surface area (Å²) in [4.78, 5) is 16.4. The van der Waals surface area contributed by atoms with Gasteiger partial charge in [-0.25, -0.2) is 4.79 Å². The summed E-state index contributed by atoms with van der Waals surface area (Å²) in [5.74, 6) is 1.11. The number of nitrogen functional groups attached to an aromatic ring is 1. The molecule has 0 aromatic carbocycles. The topological polar surface area (TPSA) is 87.5 Å². The van der Waals surface area contributed by atoms with Gasteiger partial charge in [-0.3, -0.25) is 5.10 Å². The van der Waals surface area contributed by atoms with Gasteiger partial charge in [0.05, 0.1) is 6.61 Å². The third kappa shape index (κ3) is 4.01. The highest BCUT2D eigenvalue weighted by Crippen LogP contribution is 2.30. The van der Waals surface area contributed by atoms with Crippen LogP contribution >= 0.6 is 0 Å². The fourth-order valence-electron chi connectivity index (χ4n) is 3.98. The van der Waals surface area contributed by atoms with Crippen LogP contribution in [0.1, 0.15) is 50.6 Å². The van der Waals surface area contributed by atoms with Gasteiger partial charge < -0.3 is 20.3 Å². The first-order valence-corrected chi connectivity index (χ1v) is 9.14. The maximum atomic E-state index is 11.9. The lowest BCUT2D eigenvalue weighted by Crippen LogP contribution is -2.41. The highest BCUT2D eigenvalue weighted by molar-refractivity contribution is 5.67. The Balaban J connectivity index is 1.49. The average molecular weight is 335 g/mol. The number of hydrogen-bond acceptors (Lipinski definition) is 5. The summed E-state index contributed by atoms with van der Waals surface area (Å²) in [5.41, 5.74) is 6.88. The Morgan fingerprint density at radius 1 is 1.29 bits per heavy atom. The van der Waals surface area contributed by atoms with Crippen molar-refractivity contribution >= 4 is 11.9 Å². The molecule has 1 unspecified atom stereocenters. The van der Waals surface area contributed by atoms with Gasteiger partial charge in [-0.2, -0.15) is 5.10 Å². The zero-order chi connectivity index (χ0) is 16.9. The van der Waals surface area contributed by atoms with Crippen molar-refractivity contribution in [3.8, 4) is 0 Å². The molecule has 0 aliphatic carbocycles. The summed E-state index contributed by atoms with van der Waals surface area (Å²) in [6.45, 7) is 6.14. The normalized spacial score (nSPS) is 23.9. The molecule has 7 nitrogen and oxygen atoms in total. The Morgan fingerprint density at radius 3 is 2.75 bits per heavy atom. The monoisotopic (exact) mass is 335 g/mol. The van der Waals surface area contributed by atoms with E-state index in [2.05, 4.69) is 15.1 Å². The zero-order valence-electron chi connectivity index (χ0n) is 14.5. The third-order valence-corrected chi connectivity index (χ3v) is 5.33. The van der Waals surface area contributed by atoms with E-state index in [4.69, 9.17) is 10.5 Å². The number of piperidine rings is 1. The smallest absolute Gasteiger partial charge is 0.409 e. The highest BCUT2D eigenvalue weighted by atomic mass is 16.6. The molecule has 2 fully saturated rings. The van der Waals surface area contributed by atoms with Crippen LogP contribution in [0.15, 0.2) is 6.07 Å². The standard InChI is InChI=1S/C17H29N5O2/c1-2-24-17(23)22-8-3-4-14(7-11-22)21-9-5-13(6-10-21)15-12-16(18)20-19-15/h12-14H,2-11H2,1H3,(H3,18,19,20). The van der Waals surface area contributed by atoms with Crippen LogP contribution in [0.4, 0.5) is 10.6 Å². The lowest BCUT2D eigenvalue weighted by atomic mass is 9.92. The Bertz CT molecular complexity index is 539. The number of nitrogens with one attached hydrogen (secondary N) is 1. The van der Waals surface area contributed by atoms with Crippen LogP contribution in [-0.2, 0) is 4.74 Å². The predicted molar refractivity (Wildman–Crippen MR) is 92.8 cm³/mol. The van der Waals surface area contributed by atoms with Crippen molar-refractivity contribution < 1.29 is 9.53 Å². The molecular formula is C17H29N5O2. The average Bonchev–Trinajstić information content (AvgIpc) is 2.88. The van der Waals surface area contributed by atoms with Crippen LogP contribution in [0.25, 0.3) is 0 Å². The van der Waals surface area contributed by atoms with E-state index >= 15 is 0 Å². The van der Waals surface area contributed by atoms with Gasteiger partial charge in [0, 0.05) is 36.8 Å². The van der Waals surface area contributed by atoms with Crippen LogP contribution in [0.3, 0.4) is 0 Å². The number of aromatic amines is 1. The Labute approximate surface area is 143 Å². The first-order valence-electron chi connectivity index (χ1n) is 9.14. The minimum atomic E-state index is -0.159. The molecule has 1 amide bonds. The zero-order valence-corrected chi connectivity index (χ0v) is 14.5. The van der Waals surface area contributed by atoms with E-state index in [1.165, 1.54) is 5.69 Å². The van der Waals surface area contributed by atoms with Crippen molar-refractivity contribution in [2.24, 2.45) is 0 Å². The Hall–Kier alpha value is -1.76. The summed E-state index contributed by atoms with van der Waals surface area (Å²) < 4.78 is 5.14. The van der Waals surface area contributed by atoms with Crippen molar-refractivity contribution in [1.82, 2.24) is 20.0 Å². The molecule has 3 rings (SSSR count). The van der Waals surface area contributed by atoms with E-state index < -0.39 is 0 Å². The van der Waals surface area contributed by atoms with Gasteiger partial charge in [0.25, 0.3) is 0 Å². The second kappa shape index (κ2) is 7.88. The van der Waals surface area contributed by atoms with Crippen molar-refractivity contribution in [3.63, 3.8) is 0 Å². The van der Waals surface area contributed by atoms with Crippen LogP contribution < -0.4 is 5.73 Å². The molecule has 0 spiro atoms. The van der Waals surface area contributed by atoms with E-state index in [1.54, 1.807) is 0 Å². The van der Waals surface area contributed by atoms with Crippen LogP contribution in [0, 0.1) is 0 Å². The molecule has 1 atom stereocenters. The lowest BCUT2D eigenvalue weighted by molar-refractivity contribution is 0.105. The van der Waals surface area contributed by atoms with Crippen LogP contribution in [0.5, 0.6) is 0 Å². The number of H-pyrrole nitrogens is 1. The first kappa shape index (κ1) is 17.1. The molecule has 2 saturated heterocycles. The fourth-order valence-corrected chi connectivity index (χ4v) is 3.98. The molecule has 3 N–H and O–H groups in total. The number of anilines is 1. The molecule has 2 aliphatic heterocycles. The van der Waals surface area contributed by atoms with Crippen molar-refractivity contribution in [3.05, 3.63) is 11.8 Å². The second-order valence-electron chi connectivity index (χ2n) is 6.83. The van der Waals surface area contributed by atoms with Gasteiger partial charge >= 0.3 is 6.09 Å². The van der Waals surface area contributed by atoms with Gasteiger partial charge in [0.2, 0.25) is 0 Å². The summed E-state index contributed by atoms with van der Waals surface area (Å²) >= 11 is 0. The number of ether oxygens (including phenoxy) is 1. The van der Waals surface area contributed by atoms with E-state index in [1.807, 2.05) is 17.9 Å². The van der Waals surface area contributed by atoms with Crippen LogP contribution in [-0.4, -0.2) is 64.9 Å². The molecular weight excluding hydrogens is 306 g/mol. The SMILES string of the molecule is CCOC(=O)N1CCCC(N2CCC(c3cc(N)n[nH]3)CC2)CC1. The quantitative estimate of drug-likeness (QED) is 0.884. The maximum absolute atomic E-state index is 11.9. The van der Waals surface area contributed by atoms with Crippen LogP contribution in [0.2, 0.25) is 0 Å². The number of rotatable bonds is 3. The second-order valence-corrected chi connectivity index (χ2v) is 6.83. The van der Waals surface area contributed by atoms with E-state index in [0.717, 1.165) is 58.3 Å². The molecule has 2 aliphatic rings. The molecule has 7 heteroatoms. The number of amides is 1. The number of carbonyl (C=O) groups is 1. The van der Waals surface area contributed by atoms with Gasteiger partial charge in [0.15, 0.2) is 0 Å². The van der Waals surface area contributed by atoms with Crippen molar-refractivity contribution in [1.29, 1.82) is 0 Å². The molecule has 3 heterocycles. The van der Waals surface area contributed by atoms with E-state index in [0.29, 0.717) is 24.4 Å². The Kier molecular flexibility index (Phi) is 5.60. The van der Waals surface area contributed by atoms with Gasteiger partial charge in [0.1, 0.15) is 5.82 Å². The van der Waals surface area contributed by atoms with E-state index in [9.17, 15) is 4.79 Å². The molecule has 0 bridgehead atoms. The number of aromatic nitrogens is 2. The van der Waals surface area contributed by atoms with Gasteiger partial charge in [-0.15, -0.1) is 0 Å². The van der Waals surface area contributed by atoms with Crippen molar-refractivity contribution in [2.45, 2.75) is 51.0 Å². The predicted octanol–water partition coefficient (Wildman–Crippen LogP) is 2.18. The molecule has 134 valence electrons. The van der Waals surface area contributed by atoms with Gasteiger partial charge in [-0.1, -0.05) is 0 Å². The maximum Gasteiger partial charge on any atom is 0.409 e. The fraction of sp³-hybridized carbons (Fsp3) is 0.765.